The molecule has 3 aromatic rings. The summed E-state index contributed by atoms with van der Waals surface area (Å²) in [5, 5.41) is 0.599. The van der Waals surface area contributed by atoms with Gasteiger partial charge in [-0.25, -0.2) is 4.79 Å². The Bertz CT molecular complexity index is 1010. The second-order valence-corrected chi connectivity index (χ2v) is 6.65. The van der Waals surface area contributed by atoms with Crippen LogP contribution in [0.1, 0.15) is 22.3 Å². The van der Waals surface area contributed by atoms with Crippen molar-refractivity contribution in [2.24, 2.45) is 0 Å². The molecule has 4 nitrogen and oxygen atoms in total. The molecule has 0 aliphatic carbocycles. The first-order valence-electron chi connectivity index (χ1n) is 8.05. The topological polar surface area (TPSA) is 44.0 Å². The van der Waals surface area contributed by atoms with Crippen molar-refractivity contribution in [1.29, 1.82) is 0 Å². The molecule has 0 amide bonds. The first-order chi connectivity index (χ1) is 11.9. The van der Waals surface area contributed by atoms with Gasteiger partial charge in [0.1, 0.15) is 0 Å². The summed E-state index contributed by atoms with van der Waals surface area (Å²) in [6.45, 7) is 4.58. The molecule has 0 aliphatic heterocycles. The van der Waals surface area contributed by atoms with E-state index in [0.29, 0.717) is 11.6 Å². The van der Waals surface area contributed by atoms with Crippen molar-refractivity contribution in [2.75, 3.05) is 0 Å². The van der Waals surface area contributed by atoms with Crippen molar-refractivity contribution < 1.29 is 0 Å². The second kappa shape index (κ2) is 7.11. The van der Waals surface area contributed by atoms with Crippen molar-refractivity contribution in [3.8, 4) is 0 Å². The lowest BCUT2D eigenvalue weighted by atomic mass is 10.1. The summed E-state index contributed by atoms with van der Waals surface area (Å²) in [5.41, 5.74) is 3.34. The van der Waals surface area contributed by atoms with E-state index in [4.69, 9.17) is 11.6 Å². The molecule has 0 fully saturated rings. The average molecular weight is 355 g/mol. The third-order valence-electron chi connectivity index (χ3n) is 4.06. The van der Waals surface area contributed by atoms with E-state index >= 15 is 0 Å². The van der Waals surface area contributed by atoms with Crippen molar-refractivity contribution in [3.05, 3.63) is 103 Å². The third kappa shape index (κ3) is 3.91. The van der Waals surface area contributed by atoms with Gasteiger partial charge in [-0.05, 0) is 31.0 Å². The van der Waals surface area contributed by atoms with Crippen LogP contribution in [-0.2, 0) is 13.1 Å². The molecular weight excluding hydrogens is 336 g/mol. The number of aromatic nitrogens is 2. The molecule has 0 bridgehead atoms. The minimum Gasteiger partial charge on any atom is -0.296 e. The Kier molecular flexibility index (Phi) is 4.91. The monoisotopic (exact) mass is 354 g/mol. The molecular formula is C20H19ClN2O2. The fraction of sp³-hybridized carbons (Fsp3) is 0.200. The van der Waals surface area contributed by atoms with Gasteiger partial charge >= 0.3 is 5.69 Å². The number of hydrogen-bond donors (Lipinski definition) is 0. The van der Waals surface area contributed by atoms with Gasteiger partial charge in [-0.15, -0.1) is 0 Å². The fourth-order valence-corrected chi connectivity index (χ4v) is 3.17. The van der Waals surface area contributed by atoms with Gasteiger partial charge in [-0.1, -0.05) is 59.1 Å². The van der Waals surface area contributed by atoms with E-state index in [-0.39, 0.29) is 17.8 Å². The first kappa shape index (κ1) is 17.2. The van der Waals surface area contributed by atoms with Gasteiger partial charge in [-0.3, -0.25) is 13.9 Å². The molecule has 2 aromatic carbocycles. The first-order valence-corrected chi connectivity index (χ1v) is 8.43. The zero-order valence-corrected chi connectivity index (χ0v) is 15.0. The van der Waals surface area contributed by atoms with E-state index in [0.717, 1.165) is 22.3 Å². The van der Waals surface area contributed by atoms with Gasteiger partial charge in [0.15, 0.2) is 0 Å². The van der Waals surface area contributed by atoms with Crippen LogP contribution in [0, 0.1) is 13.8 Å². The summed E-state index contributed by atoms with van der Waals surface area (Å²) in [7, 11) is 0. The standard InChI is InChI=1S/C20H19ClN2O2/c1-14-9-15(2)11-16(10-14)12-23-19(24)7-8-22(20(23)25)13-17-5-3-4-6-18(17)21/h3-11H,12-13H2,1-2H3. The van der Waals surface area contributed by atoms with E-state index < -0.39 is 0 Å². The Morgan fingerprint density at radius 3 is 2.28 bits per heavy atom. The predicted molar refractivity (Wildman–Crippen MR) is 101 cm³/mol. The lowest BCUT2D eigenvalue weighted by molar-refractivity contribution is 0.612. The summed E-state index contributed by atoms with van der Waals surface area (Å²) >= 11 is 6.18. The third-order valence-corrected chi connectivity index (χ3v) is 4.43. The van der Waals surface area contributed by atoms with Gasteiger partial charge in [0.25, 0.3) is 5.56 Å². The Morgan fingerprint density at radius 1 is 0.920 bits per heavy atom. The van der Waals surface area contributed by atoms with Crippen molar-refractivity contribution in [1.82, 2.24) is 9.13 Å². The molecule has 0 aliphatic rings. The minimum atomic E-state index is -0.341. The van der Waals surface area contributed by atoms with Gasteiger partial charge in [0.2, 0.25) is 0 Å². The number of hydrogen-bond acceptors (Lipinski definition) is 2. The van der Waals surface area contributed by atoms with Crippen molar-refractivity contribution >= 4 is 11.6 Å². The molecule has 5 heteroatoms. The van der Waals surface area contributed by atoms with E-state index in [1.165, 1.54) is 21.4 Å². The molecule has 0 saturated carbocycles. The maximum absolute atomic E-state index is 12.8. The number of halogens is 1. The van der Waals surface area contributed by atoms with Gasteiger partial charge < -0.3 is 0 Å². The van der Waals surface area contributed by atoms with Crippen LogP contribution in [0.25, 0.3) is 0 Å². The maximum Gasteiger partial charge on any atom is 0.331 e. The quantitative estimate of drug-likeness (QED) is 0.721. The Morgan fingerprint density at radius 2 is 1.60 bits per heavy atom. The second-order valence-electron chi connectivity index (χ2n) is 6.24. The number of nitrogens with zero attached hydrogens (tertiary/aromatic N) is 2. The zero-order chi connectivity index (χ0) is 18.0. The zero-order valence-electron chi connectivity index (χ0n) is 14.2. The van der Waals surface area contributed by atoms with Crippen LogP contribution in [0.2, 0.25) is 5.02 Å². The average Bonchev–Trinajstić information content (AvgIpc) is 2.55. The minimum absolute atomic E-state index is 0.254. The van der Waals surface area contributed by atoms with E-state index in [1.54, 1.807) is 6.07 Å². The molecule has 1 heterocycles. The molecule has 0 atom stereocenters. The van der Waals surface area contributed by atoms with Gasteiger partial charge in [-0.2, -0.15) is 0 Å². The number of aryl methyl sites for hydroxylation is 2. The lowest BCUT2D eigenvalue weighted by Gasteiger charge is -2.12. The molecule has 1 aromatic heterocycles. The van der Waals surface area contributed by atoms with Crippen LogP contribution < -0.4 is 11.2 Å². The highest BCUT2D eigenvalue weighted by molar-refractivity contribution is 6.31. The summed E-state index contributed by atoms with van der Waals surface area (Å²) in [4.78, 5) is 25.0. The molecule has 0 radical (unpaired) electrons. The van der Waals surface area contributed by atoms with Gasteiger partial charge in [0.05, 0.1) is 13.1 Å². The highest BCUT2D eigenvalue weighted by atomic mass is 35.5. The van der Waals surface area contributed by atoms with Crippen molar-refractivity contribution in [3.63, 3.8) is 0 Å². The lowest BCUT2D eigenvalue weighted by Crippen LogP contribution is -2.39. The van der Waals surface area contributed by atoms with Crippen LogP contribution in [0.5, 0.6) is 0 Å². The smallest absolute Gasteiger partial charge is 0.296 e. The molecule has 0 saturated heterocycles. The van der Waals surface area contributed by atoms with Gasteiger partial charge in [0, 0.05) is 17.3 Å². The van der Waals surface area contributed by atoms with E-state index in [1.807, 2.05) is 44.2 Å². The molecule has 0 spiro atoms. The summed E-state index contributed by atoms with van der Waals surface area (Å²) in [5.74, 6) is 0. The highest BCUT2D eigenvalue weighted by Crippen LogP contribution is 2.15. The van der Waals surface area contributed by atoms with Crippen molar-refractivity contribution in [2.45, 2.75) is 26.9 Å². The molecule has 25 heavy (non-hydrogen) atoms. The van der Waals surface area contributed by atoms with E-state index in [9.17, 15) is 9.59 Å². The summed E-state index contributed by atoms with van der Waals surface area (Å²) < 4.78 is 2.76. The Labute approximate surface area is 150 Å². The molecule has 3 rings (SSSR count). The molecule has 0 N–H and O–H groups in total. The Balaban J connectivity index is 1.99. The van der Waals surface area contributed by atoms with Crippen LogP contribution in [0.15, 0.2) is 64.3 Å². The number of rotatable bonds is 4. The maximum atomic E-state index is 12.8. The number of benzene rings is 2. The van der Waals surface area contributed by atoms with E-state index in [2.05, 4.69) is 6.07 Å². The molecule has 0 unspecified atom stereocenters. The highest BCUT2D eigenvalue weighted by Gasteiger charge is 2.08. The fourth-order valence-electron chi connectivity index (χ4n) is 2.98. The largest absolute Gasteiger partial charge is 0.331 e. The Hall–Kier alpha value is -2.59. The summed E-state index contributed by atoms with van der Waals surface area (Å²) in [6, 6.07) is 14.8. The normalized spacial score (nSPS) is 10.8. The summed E-state index contributed by atoms with van der Waals surface area (Å²) in [6.07, 6.45) is 1.52. The van der Waals surface area contributed by atoms with Crippen LogP contribution in [0.4, 0.5) is 0 Å². The van der Waals surface area contributed by atoms with Crippen LogP contribution in [-0.4, -0.2) is 9.13 Å². The van der Waals surface area contributed by atoms with Crippen LogP contribution in [0.3, 0.4) is 0 Å². The SMILES string of the molecule is Cc1cc(C)cc(Cn2c(=O)ccn(Cc3ccccc3Cl)c2=O)c1. The predicted octanol–water partition coefficient (Wildman–Crippen LogP) is 3.38. The van der Waals surface area contributed by atoms with Crippen LogP contribution >= 0.6 is 11.6 Å². The molecule has 128 valence electrons.